The highest BCUT2D eigenvalue weighted by Gasteiger charge is 2.59. The van der Waals surface area contributed by atoms with E-state index in [1.165, 1.54) is 0 Å². The van der Waals surface area contributed by atoms with Crippen molar-refractivity contribution in [1.29, 1.82) is 0 Å². The molecule has 0 aromatic heterocycles. The van der Waals surface area contributed by atoms with E-state index in [4.69, 9.17) is 9.47 Å². The first-order valence-electron chi connectivity index (χ1n) is 7.34. The van der Waals surface area contributed by atoms with E-state index in [1.54, 1.807) is 24.3 Å². The van der Waals surface area contributed by atoms with Crippen LogP contribution in [0.4, 0.5) is 0 Å². The average molecular weight is 373 g/mol. The number of Topliss-reactive ketones (excluding diaryl/α,β-unsaturated/α-hetero) is 1. The fourth-order valence-electron chi connectivity index (χ4n) is 3.04. The van der Waals surface area contributed by atoms with Crippen molar-refractivity contribution >= 4 is 27.7 Å². The van der Waals surface area contributed by atoms with E-state index < -0.39 is 11.8 Å². The number of halogens is 1. The van der Waals surface area contributed by atoms with Crippen molar-refractivity contribution in [2.24, 2.45) is 0 Å². The third-order valence-corrected chi connectivity index (χ3v) is 4.94. The maximum atomic E-state index is 12.9. The minimum Gasteiger partial charge on any atom is -0.441 e. The molecule has 116 valence electrons. The predicted molar refractivity (Wildman–Crippen MR) is 86.7 cm³/mol. The zero-order valence-electron chi connectivity index (χ0n) is 12.6. The van der Waals surface area contributed by atoms with Crippen molar-refractivity contribution < 1.29 is 19.1 Å². The van der Waals surface area contributed by atoms with Gasteiger partial charge in [-0.25, -0.2) is 4.79 Å². The molecule has 2 aromatic rings. The molecule has 0 N–H and O–H groups in total. The van der Waals surface area contributed by atoms with Crippen molar-refractivity contribution in [3.05, 3.63) is 63.1 Å². The van der Waals surface area contributed by atoms with Crippen LogP contribution >= 0.6 is 15.9 Å². The molecule has 4 rings (SSSR count). The molecule has 2 heterocycles. The smallest absolute Gasteiger partial charge is 0.347 e. The summed E-state index contributed by atoms with van der Waals surface area (Å²) >= 11 is 3.34. The quantitative estimate of drug-likeness (QED) is 0.704. The molecule has 2 aromatic carbocycles. The predicted octanol–water partition coefficient (Wildman–Crippen LogP) is 4.17. The van der Waals surface area contributed by atoms with E-state index in [-0.39, 0.29) is 5.78 Å². The molecule has 1 unspecified atom stereocenters. The van der Waals surface area contributed by atoms with Gasteiger partial charge in [-0.1, -0.05) is 26.0 Å². The Kier molecular flexibility index (Phi) is 2.94. The largest absolute Gasteiger partial charge is 0.441 e. The molecule has 5 heteroatoms. The lowest BCUT2D eigenvalue weighted by Crippen LogP contribution is -2.37. The SMILES string of the molecule is CC(C)c1ccc2c(c1)OC1(OC(=O)c3c(Br)cccc31)C2=O. The van der Waals surface area contributed by atoms with Gasteiger partial charge in [-0.15, -0.1) is 0 Å². The van der Waals surface area contributed by atoms with Crippen LogP contribution < -0.4 is 4.74 Å². The Morgan fingerprint density at radius 2 is 1.87 bits per heavy atom. The van der Waals surface area contributed by atoms with Gasteiger partial charge in [0.2, 0.25) is 0 Å². The molecule has 0 saturated heterocycles. The van der Waals surface area contributed by atoms with Crippen molar-refractivity contribution in [1.82, 2.24) is 0 Å². The number of benzene rings is 2. The first-order valence-corrected chi connectivity index (χ1v) is 8.13. The summed E-state index contributed by atoms with van der Waals surface area (Å²) in [6, 6.07) is 10.7. The van der Waals surface area contributed by atoms with Crippen LogP contribution in [0.5, 0.6) is 5.75 Å². The van der Waals surface area contributed by atoms with Crippen LogP contribution in [0.25, 0.3) is 0 Å². The Morgan fingerprint density at radius 1 is 1.09 bits per heavy atom. The number of esters is 1. The number of fused-ring (bicyclic) bond motifs is 3. The molecule has 0 bridgehead atoms. The number of rotatable bonds is 1. The Hall–Kier alpha value is -2.14. The second-order valence-electron chi connectivity index (χ2n) is 6.01. The molecule has 0 amide bonds. The highest BCUT2D eigenvalue weighted by Crippen LogP contribution is 2.49. The molecule has 1 spiro atoms. The molecule has 23 heavy (non-hydrogen) atoms. The maximum Gasteiger partial charge on any atom is 0.347 e. The summed E-state index contributed by atoms with van der Waals surface area (Å²) < 4.78 is 11.9. The van der Waals surface area contributed by atoms with E-state index in [0.29, 0.717) is 32.8 Å². The molecule has 0 fully saturated rings. The monoisotopic (exact) mass is 372 g/mol. The molecule has 0 radical (unpaired) electrons. The molecular formula is C18H13BrO4. The normalized spacial score (nSPS) is 21.4. The van der Waals surface area contributed by atoms with Crippen LogP contribution in [0.15, 0.2) is 40.9 Å². The zero-order chi connectivity index (χ0) is 16.4. The topological polar surface area (TPSA) is 52.6 Å². The summed E-state index contributed by atoms with van der Waals surface area (Å²) in [7, 11) is 0. The van der Waals surface area contributed by atoms with Gasteiger partial charge in [0, 0.05) is 4.47 Å². The van der Waals surface area contributed by atoms with E-state index in [0.717, 1.165) is 5.56 Å². The van der Waals surface area contributed by atoms with Crippen LogP contribution in [-0.4, -0.2) is 11.8 Å². The number of hydrogen-bond donors (Lipinski definition) is 0. The lowest BCUT2D eigenvalue weighted by molar-refractivity contribution is -0.0978. The summed E-state index contributed by atoms with van der Waals surface area (Å²) in [6.45, 7) is 4.13. The van der Waals surface area contributed by atoms with Gasteiger partial charge in [0.05, 0.1) is 16.7 Å². The van der Waals surface area contributed by atoms with E-state index >= 15 is 0 Å². The average Bonchev–Trinajstić information content (AvgIpc) is 2.96. The van der Waals surface area contributed by atoms with Crippen LogP contribution in [-0.2, 0) is 10.5 Å². The summed E-state index contributed by atoms with van der Waals surface area (Å²) in [4.78, 5) is 25.1. The molecule has 0 aliphatic carbocycles. The van der Waals surface area contributed by atoms with E-state index in [1.807, 2.05) is 12.1 Å². The van der Waals surface area contributed by atoms with Crippen molar-refractivity contribution in [2.45, 2.75) is 25.6 Å². The standard InChI is InChI=1S/C18H13BrO4/c1-9(2)10-6-7-11-14(8-10)22-18(16(11)20)12-4-3-5-13(19)15(12)17(21)23-18/h3-9H,1-2H3. The van der Waals surface area contributed by atoms with Gasteiger partial charge in [-0.2, -0.15) is 0 Å². The van der Waals surface area contributed by atoms with E-state index in [9.17, 15) is 9.59 Å². The van der Waals surface area contributed by atoms with Crippen molar-refractivity contribution in [2.75, 3.05) is 0 Å². The van der Waals surface area contributed by atoms with Crippen LogP contribution in [0.1, 0.15) is 51.6 Å². The van der Waals surface area contributed by atoms with Gasteiger partial charge >= 0.3 is 11.8 Å². The highest BCUT2D eigenvalue weighted by atomic mass is 79.9. The summed E-state index contributed by atoms with van der Waals surface area (Å²) in [5.41, 5.74) is 2.30. The van der Waals surface area contributed by atoms with E-state index in [2.05, 4.69) is 29.8 Å². The zero-order valence-corrected chi connectivity index (χ0v) is 14.1. The van der Waals surface area contributed by atoms with Crippen LogP contribution in [0.2, 0.25) is 0 Å². The Morgan fingerprint density at radius 3 is 2.61 bits per heavy atom. The molecule has 1 atom stereocenters. The Balaban J connectivity index is 1.89. The molecular weight excluding hydrogens is 360 g/mol. The number of ether oxygens (including phenoxy) is 2. The minimum atomic E-state index is -1.69. The van der Waals surface area contributed by atoms with Gasteiger partial charge < -0.3 is 9.47 Å². The maximum absolute atomic E-state index is 12.9. The summed E-state index contributed by atoms with van der Waals surface area (Å²) in [5.74, 6) is -1.82. The fraction of sp³-hybridized carbons (Fsp3) is 0.222. The second kappa shape index (κ2) is 4.68. The Labute approximate surface area is 141 Å². The second-order valence-corrected chi connectivity index (χ2v) is 6.86. The third-order valence-electron chi connectivity index (χ3n) is 4.28. The third kappa shape index (κ3) is 1.83. The Bertz CT molecular complexity index is 871. The lowest BCUT2D eigenvalue weighted by atomic mass is 9.95. The summed E-state index contributed by atoms with van der Waals surface area (Å²) in [6.07, 6.45) is 0. The van der Waals surface area contributed by atoms with Crippen LogP contribution in [0, 0.1) is 0 Å². The molecule has 4 nitrogen and oxygen atoms in total. The van der Waals surface area contributed by atoms with Gasteiger partial charge in [-0.05, 0) is 51.7 Å². The molecule has 2 aliphatic heterocycles. The minimum absolute atomic E-state index is 0.308. The lowest BCUT2D eigenvalue weighted by Gasteiger charge is -2.20. The van der Waals surface area contributed by atoms with Gasteiger partial charge in [0.15, 0.2) is 0 Å². The molecule has 2 aliphatic rings. The fourth-order valence-corrected chi connectivity index (χ4v) is 3.56. The number of carbonyl (C=O) groups excluding carboxylic acids is 2. The van der Waals surface area contributed by atoms with Gasteiger partial charge in [-0.3, -0.25) is 4.79 Å². The number of hydrogen-bond acceptors (Lipinski definition) is 4. The van der Waals surface area contributed by atoms with Crippen molar-refractivity contribution in [3.8, 4) is 5.75 Å². The van der Waals surface area contributed by atoms with Gasteiger partial charge in [0.25, 0.3) is 5.78 Å². The van der Waals surface area contributed by atoms with Gasteiger partial charge in [0.1, 0.15) is 5.75 Å². The highest BCUT2D eigenvalue weighted by molar-refractivity contribution is 9.10. The first-order chi connectivity index (χ1) is 10.9. The van der Waals surface area contributed by atoms with Crippen molar-refractivity contribution in [3.63, 3.8) is 0 Å². The number of carbonyl (C=O) groups is 2. The number of ketones is 1. The first kappa shape index (κ1) is 14.5. The van der Waals surface area contributed by atoms with Crippen LogP contribution in [0.3, 0.4) is 0 Å². The molecule has 0 saturated carbocycles. The summed E-state index contributed by atoms with van der Waals surface area (Å²) in [5, 5.41) is 0.